The van der Waals surface area contributed by atoms with Crippen molar-refractivity contribution < 1.29 is 28.8 Å². The summed E-state index contributed by atoms with van der Waals surface area (Å²) in [5, 5.41) is 7.19. The van der Waals surface area contributed by atoms with Gasteiger partial charge in [-0.15, -0.1) is 0 Å². The molecule has 3 aromatic rings. The Morgan fingerprint density at radius 2 is 1.40 bits per heavy atom. The number of carbonyl (C=O) groups excluding carboxylic acids is 6. The summed E-state index contributed by atoms with van der Waals surface area (Å²) in [7, 11) is 0. The zero-order valence-electron chi connectivity index (χ0n) is 28.5. The molecule has 0 bridgehead atoms. The van der Waals surface area contributed by atoms with E-state index in [1.165, 1.54) is 0 Å². The van der Waals surface area contributed by atoms with Gasteiger partial charge in [-0.25, -0.2) is 0 Å². The van der Waals surface area contributed by atoms with Crippen molar-refractivity contribution in [3.05, 3.63) is 83.9 Å². The van der Waals surface area contributed by atoms with Crippen LogP contribution in [0.2, 0.25) is 0 Å². The maximum absolute atomic E-state index is 13.5. The summed E-state index contributed by atoms with van der Waals surface area (Å²) >= 11 is 0. The number of Topliss-reactive ketones (excluding diaryl/α,β-unsaturated/α-hetero) is 3. The van der Waals surface area contributed by atoms with E-state index >= 15 is 0 Å². The zero-order chi connectivity index (χ0) is 35.2. The Kier molecular flexibility index (Phi) is 14.7. The van der Waals surface area contributed by atoms with Crippen LogP contribution in [-0.4, -0.2) is 47.7 Å². The van der Waals surface area contributed by atoms with Gasteiger partial charge >= 0.3 is 0 Å². The normalized spacial score (nSPS) is 13.7. The van der Waals surface area contributed by atoms with Crippen molar-refractivity contribution in [1.82, 2.24) is 10.6 Å². The topological polar surface area (TPSA) is 152 Å². The molecule has 0 spiro atoms. The number of rotatable bonds is 20. The molecule has 0 fully saturated rings. The average Bonchev–Trinajstić information content (AvgIpc) is 3.07. The number of hydrogen-bond donors (Lipinski definition) is 3. The number of nitrogens with one attached hydrogen (secondary N) is 2. The zero-order valence-corrected chi connectivity index (χ0v) is 28.5. The van der Waals surface area contributed by atoms with Crippen LogP contribution in [0.15, 0.2) is 72.8 Å². The highest BCUT2D eigenvalue weighted by Crippen LogP contribution is 2.21. The SMILES string of the molecule is CC[C@H](C)C(NC(=O)[C@@H](CC(=O)CCc1ccccc1)CC(C)C)C(=O)C(=O)NCC(=O)C[C@@H](Cc1ccc2ccccc2c1)C(N)=O. The standard InChI is InChI=1S/C39H49N3O6/c1-5-26(4)35(42-38(47)32(19-25(2)3)23-33(43)18-16-27-11-7-6-8-12-27)36(45)39(48)41-24-34(44)22-31(37(40)46)21-28-15-17-29-13-9-10-14-30(29)20-28/h6-15,17,20,25-26,31-32,35H,5,16,18-19,21-24H2,1-4H3,(H2,40,46)(H,41,48)(H,42,47)/t26-,31+,32+,35?/m0/s1. The minimum atomic E-state index is -1.13. The van der Waals surface area contributed by atoms with E-state index in [0.717, 1.165) is 21.9 Å². The number of carbonyl (C=O) groups is 6. The molecule has 0 aromatic heterocycles. The molecule has 3 rings (SSSR count). The van der Waals surface area contributed by atoms with E-state index in [4.69, 9.17) is 5.73 Å². The lowest BCUT2D eigenvalue weighted by atomic mass is 9.88. The van der Waals surface area contributed by atoms with Crippen LogP contribution in [0.4, 0.5) is 0 Å². The minimum absolute atomic E-state index is 0.0409. The molecule has 48 heavy (non-hydrogen) atoms. The Hall–Kier alpha value is -4.66. The van der Waals surface area contributed by atoms with Gasteiger partial charge in [-0.05, 0) is 53.0 Å². The second-order valence-electron chi connectivity index (χ2n) is 13.2. The highest BCUT2D eigenvalue weighted by molar-refractivity contribution is 6.38. The van der Waals surface area contributed by atoms with Gasteiger partial charge in [0.15, 0.2) is 5.78 Å². The maximum Gasteiger partial charge on any atom is 0.289 e. The van der Waals surface area contributed by atoms with Crippen LogP contribution in [0.25, 0.3) is 10.8 Å². The van der Waals surface area contributed by atoms with Gasteiger partial charge in [0.2, 0.25) is 17.6 Å². The Morgan fingerprint density at radius 1 is 0.750 bits per heavy atom. The van der Waals surface area contributed by atoms with E-state index in [0.29, 0.717) is 25.7 Å². The fraction of sp³-hybridized carbons (Fsp3) is 0.436. The van der Waals surface area contributed by atoms with Crippen molar-refractivity contribution in [3.8, 4) is 0 Å². The van der Waals surface area contributed by atoms with E-state index < -0.39 is 53.7 Å². The molecule has 0 saturated heterocycles. The second kappa shape index (κ2) is 18.6. The van der Waals surface area contributed by atoms with Crippen LogP contribution in [0.1, 0.15) is 70.9 Å². The Bertz CT molecular complexity index is 1580. The summed E-state index contributed by atoms with van der Waals surface area (Å²) in [5.41, 5.74) is 7.51. The molecular formula is C39H49N3O6. The lowest BCUT2D eigenvalue weighted by molar-refractivity contribution is -0.142. The van der Waals surface area contributed by atoms with Crippen molar-refractivity contribution in [2.24, 2.45) is 29.4 Å². The van der Waals surface area contributed by atoms with Crippen molar-refractivity contribution in [2.75, 3.05) is 6.54 Å². The van der Waals surface area contributed by atoms with E-state index in [-0.39, 0.29) is 36.9 Å². The van der Waals surface area contributed by atoms with Crippen LogP contribution in [0, 0.1) is 23.7 Å². The smallest absolute Gasteiger partial charge is 0.289 e. The summed E-state index contributed by atoms with van der Waals surface area (Å²) < 4.78 is 0. The van der Waals surface area contributed by atoms with Crippen molar-refractivity contribution >= 4 is 45.8 Å². The summed E-state index contributed by atoms with van der Waals surface area (Å²) in [4.78, 5) is 77.7. The van der Waals surface area contributed by atoms with E-state index in [2.05, 4.69) is 10.6 Å². The number of nitrogens with two attached hydrogens (primary N) is 1. The first-order valence-corrected chi connectivity index (χ1v) is 16.8. The third-order valence-electron chi connectivity index (χ3n) is 8.77. The lowest BCUT2D eigenvalue weighted by Gasteiger charge is -2.26. The Morgan fingerprint density at radius 3 is 2.04 bits per heavy atom. The first kappa shape index (κ1) is 37.8. The summed E-state index contributed by atoms with van der Waals surface area (Å²) in [6.45, 7) is 7.06. The highest BCUT2D eigenvalue weighted by Gasteiger charge is 2.34. The van der Waals surface area contributed by atoms with E-state index in [9.17, 15) is 28.8 Å². The first-order valence-electron chi connectivity index (χ1n) is 16.8. The molecule has 0 radical (unpaired) electrons. The fourth-order valence-electron chi connectivity index (χ4n) is 5.81. The number of ketones is 3. The third kappa shape index (κ3) is 11.9. The minimum Gasteiger partial charge on any atom is -0.369 e. The van der Waals surface area contributed by atoms with Crippen LogP contribution < -0.4 is 16.4 Å². The average molecular weight is 656 g/mol. The van der Waals surface area contributed by atoms with Gasteiger partial charge in [-0.3, -0.25) is 28.8 Å². The summed E-state index contributed by atoms with van der Waals surface area (Å²) in [5.74, 6) is -5.13. The fourth-order valence-corrected chi connectivity index (χ4v) is 5.81. The monoisotopic (exact) mass is 655 g/mol. The maximum atomic E-state index is 13.5. The predicted octanol–water partition coefficient (Wildman–Crippen LogP) is 4.91. The van der Waals surface area contributed by atoms with Crippen LogP contribution >= 0.6 is 0 Å². The van der Waals surface area contributed by atoms with Crippen LogP contribution in [0.3, 0.4) is 0 Å². The molecule has 3 aromatic carbocycles. The van der Waals surface area contributed by atoms with Gasteiger partial charge in [-0.2, -0.15) is 0 Å². The van der Waals surface area contributed by atoms with Gasteiger partial charge in [0, 0.05) is 31.1 Å². The number of amides is 3. The molecule has 0 heterocycles. The van der Waals surface area contributed by atoms with Crippen molar-refractivity contribution in [3.63, 3.8) is 0 Å². The van der Waals surface area contributed by atoms with E-state index in [1.54, 1.807) is 6.92 Å². The number of hydrogen-bond acceptors (Lipinski definition) is 6. The predicted molar refractivity (Wildman–Crippen MR) is 187 cm³/mol. The largest absolute Gasteiger partial charge is 0.369 e. The molecule has 0 saturated carbocycles. The van der Waals surface area contributed by atoms with Gasteiger partial charge in [0.05, 0.1) is 12.6 Å². The Balaban J connectivity index is 1.59. The molecule has 3 amide bonds. The van der Waals surface area contributed by atoms with Crippen molar-refractivity contribution in [2.45, 2.75) is 78.7 Å². The van der Waals surface area contributed by atoms with Crippen molar-refractivity contribution in [1.29, 1.82) is 0 Å². The third-order valence-corrected chi connectivity index (χ3v) is 8.77. The molecule has 0 aliphatic carbocycles. The molecular weight excluding hydrogens is 606 g/mol. The van der Waals surface area contributed by atoms with Gasteiger partial charge < -0.3 is 16.4 Å². The molecule has 0 aliphatic rings. The number of benzene rings is 3. The van der Waals surface area contributed by atoms with Gasteiger partial charge in [0.1, 0.15) is 5.78 Å². The summed E-state index contributed by atoms with van der Waals surface area (Å²) in [6.07, 6.45) is 1.93. The molecule has 4 atom stereocenters. The molecule has 9 nitrogen and oxygen atoms in total. The number of aryl methyl sites for hydroxylation is 1. The molecule has 4 N–H and O–H groups in total. The molecule has 9 heteroatoms. The van der Waals surface area contributed by atoms with Gasteiger partial charge in [-0.1, -0.05) is 107 Å². The number of primary amides is 1. The summed E-state index contributed by atoms with van der Waals surface area (Å²) in [6, 6.07) is 22.1. The van der Waals surface area contributed by atoms with Crippen LogP contribution in [0.5, 0.6) is 0 Å². The molecule has 256 valence electrons. The number of fused-ring (bicyclic) bond motifs is 1. The molecule has 0 aliphatic heterocycles. The van der Waals surface area contributed by atoms with Gasteiger partial charge in [0.25, 0.3) is 5.91 Å². The lowest BCUT2D eigenvalue weighted by Crippen LogP contribution is -2.52. The quantitative estimate of drug-likeness (QED) is 0.147. The Labute approximate surface area is 283 Å². The first-order chi connectivity index (χ1) is 22.9. The van der Waals surface area contributed by atoms with Crippen LogP contribution in [-0.2, 0) is 41.6 Å². The molecule has 1 unspecified atom stereocenters. The van der Waals surface area contributed by atoms with E-state index in [1.807, 2.05) is 93.6 Å². The second-order valence-corrected chi connectivity index (χ2v) is 13.2. The highest BCUT2D eigenvalue weighted by atomic mass is 16.2.